The Morgan fingerprint density at radius 1 is 1.10 bits per heavy atom. The van der Waals surface area contributed by atoms with Crippen LogP contribution in [-0.4, -0.2) is 44.7 Å². The van der Waals surface area contributed by atoms with Gasteiger partial charge in [0.05, 0.1) is 17.9 Å². The number of nitrogens with one attached hydrogen (secondary N) is 1. The Morgan fingerprint density at radius 2 is 1.93 bits per heavy atom. The van der Waals surface area contributed by atoms with Crippen molar-refractivity contribution in [3.8, 4) is 5.75 Å². The summed E-state index contributed by atoms with van der Waals surface area (Å²) >= 11 is 0. The zero-order valence-electron chi connectivity index (χ0n) is 16.7. The highest BCUT2D eigenvalue weighted by molar-refractivity contribution is 6.14. The van der Waals surface area contributed by atoms with Gasteiger partial charge in [0, 0.05) is 36.1 Å². The second-order valence-electron chi connectivity index (χ2n) is 7.94. The summed E-state index contributed by atoms with van der Waals surface area (Å²) < 4.78 is 7.82. The summed E-state index contributed by atoms with van der Waals surface area (Å²) in [6.45, 7) is 1.78. The zero-order valence-corrected chi connectivity index (χ0v) is 16.7. The van der Waals surface area contributed by atoms with Gasteiger partial charge < -0.3 is 15.4 Å². The lowest BCUT2D eigenvalue weighted by atomic mass is 10.0. The Labute approximate surface area is 175 Å². The van der Waals surface area contributed by atoms with Gasteiger partial charge in [0.1, 0.15) is 24.2 Å². The van der Waals surface area contributed by atoms with Gasteiger partial charge in [-0.05, 0) is 56.0 Å². The van der Waals surface area contributed by atoms with Crippen LogP contribution in [0, 0.1) is 5.41 Å². The van der Waals surface area contributed by atoms with Crippen LogP contribution in [0.4, 0.5) is 11.5 Å². The van der Waals surface area contributed by atoms with Crippen LogP contribution in [0.1, 0.15) is 42.9 Å². The number of nitrogens with zero attached hydrogens (tertiary/aromatic N) is 5. The van der Waals surface area contributed by atoms with Crippen LogP contribution in [0.5, 0.6) is 5.75 Å². The van der Waals surface area contributed by atoms with Crippen LogP contribution in [-0.2, 0) is 0 Å². The van der Waals surface area contributed by atoms with Gasteiger partial charge in [-0.25, -0.2) is 14.6 Å². The molecular formula is C22H25N7O. The Bertz CT molecular complexity index is 1040. The molecule has 3 N–H and O–H groups in total. The van der Waals surface area contributed by atoms with E-state index in [1.807, 2.05) is 35.0 Å². The first-order valence-electron chi connectivity index (χ1n) is 10.4. The molecule has 1 aliphatic heterocycles. The third kappa shape index (κ3) is 3.85. The summed E-state index contributed by atoms with van der Waals surface area (Å²) in [7, 11) is 0. The maximum atomic E-state index is 8.74. The highest BCUT2D eigenvalue weighted by Gasteiger charge is 2.24. The SMILES string of the molecule is N=C(c1ccnc(N2CCC(n3cncn3)CC2)c1)c1cc(OC2CC2)ccc1N. The van der Waals surface area contributed by atoms with E-state index in [1.165, 1.54) is 0 Å². The average molecular weight is 403 g/mol. The molecule has 1 aliphatic carbocycles. The molecule has 0 spiro atoms. The number of anilines is 2. The minimum Gasteiger partial charge on any atom is -0.490 e. The lowest BCUT2D eigenvalue weighted by Gasteiger charge is -2.32. The molecule has 3 aromatic rings. The molecule has 1 saturated heterocycles. The fourth-order valence-corrected chi connectivity index (χ4v) is 3.87. The molecule has 0 bridgehead atoms. The number of hydrogen-bond donors (Lipinski definition) is 2. The first kappa shape index (κ1) is 18.6. The lowest BCUT2D eigenvalue weighted by molar-refractivity contribution is 0.303. The van der Waals surface area contributed by atoms with E-state index in [9.17, 15) is 0 Å². The summed E-state index contributed by atoms with van der Waals surface area (Å²) in [6.07, 6.45) is 9.61. The molecule has 0 amide bonds. The van der Waals surface area contributed by atoms with Crippen LogP contribution >= 0.6 is 0 Å². The molecule has 8 nitrogen and oxygen atoms in total. The first-order chi connectivity index (χ1) is 14.7. The van der Waals surface area contributed by atoms with Crippen molar-refractivity contribution in [1.29, 1.82) is 5.41 Å². The second-order valence-corrected chi connectivity index (χ2v) is 7.94. The van der Waals surface area contributed by atoms with E-state index in [1.54, 1.807) is 18.9 Å². The number of pyridine rings is 1. The molecule has 3 heterocycles. The maximum Gasteiger partial charge on any atom is 0.137 e. The Kier molecular flexibility index (Phi) is 4.82. The molecule has 30 heavy (non-hydrogen) atoms. The van der Waals surface area contributed by atoms with E-state index in [0.29, 0.717) is 29.1 Å². The predicted molar refractivity (Wildman–Crippen MR) is 115 cm³/mol. The largest absolute Gasteiger partial charge is 0.490 e. The fraction of sp³-hybridized carbons (Fsp3) is 0.364. The summed E-state index contributed by atoms with van der Waals surface area (Å²) in [5.41, 5.74) is 8.63. The molecule has 0 unspecified atom stereocenters. The van der Waals surface area contributed by atoms with Gasteiger partial charge >= 0.3 is 0 Å². The Morgan fingerprint density at radius 3 is 2.67 bits per heavy atom. The van der Waals surface area contributed by atoms with Gasteiger partial charge in [-0.2, -0.15) is 5.10 Å². The number of piperidine rings is 1. The van der Waals surface area contributed by atoms with Crippen molar-refractivity contribution in [3.63, 3.8) is 0 Å². The van der Waals surface area contributed by atoms with Crippen molar-refractivity contribution >= 4 is 17.2 Å². The Balaban J connectivity index is 1.32. The molecule has 1 aromatic carbocycles. The van der Waals surface area contributed by atoms with Gasteiger partial charge in [-0.1, -0.05) is 0 Å². The highest BCUT2D eigenvalue weighted by Crippen LogP contribution is 2.30. The smallest absolute Gasteiger partial charge is 0.137 e. The molecule has 0 radical (unpaired) electrons. The maximum absolute atomic E-state index is 8.74. The number of benzene rings is 1. The van der Waals surface area contributed by atoms with E-state index in [0.717, 1.165) is 55.9 Å². The van der Waals surface area contributed by atoms with Crippen LogP contribution in [0.2, 0.25) is 0 Å². The molecule has 2 fully saturated rings. The zero-order chi connectivity index (χ0) is 20.5. The first-order valence-corrected chi connectivity index (χ1v) is 10.4. The molecule has 8 heteroatoms. The number of nitrogens with two attached hydrogens (primary N) is 1. The quantitative estimate of drug-likeness (QED) is 0.484. The van der Waals surface area contributed by atoms with E-state index in [2.05, 4.69) is 20.0 Å². The summed E-state index contributed by atoms with van der Waals surface area (Å²) in [5, 5.41) is 13.0. The van der Waals surface area contributed by atoms with Crippen LogP contribution in [0.25, 0.3) is 0 Å². The Hall–Kier alpha value is -3.42. The van der Waals surface area contributed by atoms with Crippen molar-refractivity contribution in [2.75, 3.05) is 23.7 Å². The topological polar surface area (TPSA) is 106 Å². The van der Waals surface area contributed by atoms with E-state index in [-0.39, 0.29) is 0 Å². The monoisotopic (exact) mass is 403 g/mol. The van der Waals surface area contributed by atoms with Gasteiger partial charge in [-0.15, -0.1) is 0 Å². The molecule has 154 valence electrons. The minimum absolute atomic E-state index is 0.309. The number of ether oxygens (including phenoxy) is 1. The van der Waals surface area contributed by atoms with Crippen LogP contribution < -0.4 is 15.4 Å². The van der Waals surface area contributed by atoms with Crippen LogP contribution in [0.3, 0.4) is 0 Å². The van der Waals surface area contributed by atoms with Crippen molar-refractivity contribution in [1.82, 2.24) is 19.7 Å². The molecular weight excluding hydrogens is 378 g/mol. The summed E-state index contributed by atoms with van der Waals surface area (Å²) in [6, 6.07) is 9.78. The van der Waals surface area contributed by atoms with Gasteiger partial charge in [-0.3, -0.25) is 5.41 Å². The molecule has 5 rings (SSSR count). The van der Waals surface area contributed by atoms with Crippen molar-refractivity contribution in [3.05, 3.63) is 60.3 Å². The minimum atomic E-state index is 0.309. The number of hydrogen-bond acceptors (Lipinski definition) is 7. The lowest BCUT2D eigenvalue weighted by Crippen LogP contribution is -2.35. The summed E-state index contributed by atoms with van der Waals surface area (Å²) in [4.78, 5) is 10.9. The van der Waals surface area contributed by atoms with Gasteiger partial charge in [0.25, 0.3) is 0 Å². The number of aromatic nitrogens is 4. The predicted octanol–water partition coefficient (Wildman–Crippen LogP) is 3.05. The van der Waals surface area contributed by atoms with Gasteiger partial charge in [0.15, 0.2) is 0 Å². The third-order valence-corrected chi connectivity index (χ3v) is 5.75. The molecule has 1 saturated carbocycles. The normalized spacial score (nSPS) is 17.1. The third-order valence-electron chi connectivity index (χ3n) is 5.75. The number of rotatable bonds is 6. The molecule has 0 atom stereocenters. The summed E-state index contributed by atoms with van der Waals surface area (Å²) in [5.74, 6) is 1.66. The van der Waals surface area contributed by atoms with Crippen molar-refractivity contribution in [2.45, 2.75) is 37.8 Å². The van der Waals surface area contributed by atoms with E-state index < -0.39 is 0 Å². The van der Waals surface area contributed by atoms with E-state index in [4.69, 9.17) is 15.9 Å². The molecule has 2 aromatic heterocycles. The number of nitrogen functional groups attached to an aromatic ring is 1. The second kappa shape index (κ2) is 7.78. The standard InChI is InChI=1S/C22H25N7O/c23-20-4-3-18(30-17-1-2-17)12-19(20)22(24)15-5-8-26-21(11-15)28-9-6-16(7-10-28)29-14-25-13-27-29/h3-5,8,11-14,16-17,24H,1-2,6-7,9-10,23H2. The van der Waals surface area contributed by atoms with Crippen molar-refractivity contribution in [2.24, 2.45) is 0 Å². The highest BCUT2D eigenvalue weighted by atomic mass is 16.5. The van der Waals surface area contributed by atoms with E-state index >= 15 is 0 Å². The van der Waals surface area contributed by atoms with Gasteiger partial charge in [0.2, 0.25) is 0 Å². The van der Waals surface area contributed by atoms with Crippen molar-refractivity contribution < 1.29 is 4.74 Å². The fourth-order valence-electron chi connectivity index (χ4n) is 3.87. The average Bonchev–Trinajstić information content (AvgIpc) is 3.43. The molecule has 2 aliphatic rings. The van der Waals surface area contributed by atoms with Crippen LogP contribution in [0.15, 0.2) is 49.2 Å².